The number of hydrogen-bond donors (Lipinski definition) is 1. The highest BCUT2D eigenvalue weighted by Gasteiger charge is 2.23. The number of hydrogen-bond acceptors (Lipinski definition) is 3. The minimum atomic E-state index is -0.0774. The maximum Gasteiger partial charge on any atom is 0.272 e. The van der Waals surface area contributed by atoms with Crippen molar-refractivity contribution >= 4 is 21.8 Å². The van der Waals surface area contributed by atoms with Gasteiger partial charge in [-0.25, -0.2) is 0 Å². The molecule has 3 rings (SSSR count). The summed E-state index contributed by atoms with van der Waals surface area (Å²) in [5.41, 5.74) is 2.77. The Morgan fingerprint density at radius 3 is 2.92 bits per heavy atom. The molecule has 24 heavy (non-hydrogen) atoms. The predicted molar refractivity (Wildman–Crippen MR) is 97.9 cm³/mol. The summed E-state index contributed by atoms with van der Waals surface area (Å²) in [5, 5.41) is 7.40. The molecule has 0 aliphatic carbocycles. The summed E-state index contributed by atoms with van der Waals surface area (Å²) < 4.78 is 2.87. The van der Waals surface area contributed by atoms with Crippen molar-refractivity contribution in [3.05, 3.63) is 51.8 Å². The van der Waals surface area contributed by atoms with E-state index in [1.807, 2.05) is 26.1 Å². The van der Waals surface area contributed by atoms with Gasteiger partial charge in [-0.3, -0.25) is 14.4 Å². The Morgan fingerprint density at radius 2 is 2.21 bits per heavy atom. The average molecular weight is 391 g/mol. The molecule has 1 saturated heterocycles. The fraction of sp³-hybridized carbons (Fsp3) is 0.444. The first-order chi connectivity index (χ1) is 11.5. The highest BCUT2D eigenvalue weighted by atomic mass is 79.9. The molecule has 2 heterocycles. The normalized spacial score (nSPS) is 18.5. The Kier molecular flexibility index (Phi) is 5.36. The lowest BCUT2D eigenvalue weighted by atomic mass is 10.0. The number of benzene rings is 1. The molecule has 1 fully saturated rings. The lowest BCUT2D eigenvalue weighted by Gasteiger charge is -2.33. The van der Waals surface area contributed by atoms with Crippen LogP contribution >= 0.6 is 15.9 Å². The number of carbonyl (C=O) groups excluding carboxylic acids is 1. The smallest absolute Gasteiger partial charge is 0.272 e. The molecular weight excluding hydrogens is 368 g/mol. The van der Waals surface area contributed by atoms with Gasteiger partial charge in [-0.1, -0.05) is 34.1 Å². The number of nitrogens with zero attached hydrogens (tertiary/aromatic N) is 3. The first-order valence-corrected chi connectivity index (χ1v) is 9.09. The van der Waals surface area contributed by atoms with E-state index in [0.717, 1.165) is 42.6 Å². The summed E-state index contributed by atoms with van der Waals surface area (Å²) in [7, 11) is 1.85. The van der Waals surface area contributed by atoms with Crippen LogP contribution in [0.25, 0.3) is 0 Å². The van der Waals surface area contributed by atoms with E-state index < -0.39 is 0 Å². The molecule has 0 saturated carbocycles. The standard InChI is InChI=1S/C18H23BrN4O/c1-13-10-17(21-22(13)2)18(24)20-15-7-5-9-23(12-15)11-14-6-3-4-8-16(14)19/h3-4,6,8,10,15H,5,7,9,11-12H2,1-2H3,(H,20,24). The van der Waals surface area contributed by atoms with Crippen LogP contribution in [0.4, 0.5) is 0 Å². The van der Waals surface area contributed by atoms with Gasteiger partial charge in [0.15, 0.2) is 0 Å². The molecule has 1 amide bonds. The van der Waals surface area contributed by atoms with Crippen LogP contribution in [0.1, 0.15) is 34.6 Å². The molecule has 5 nitrogen and oxygen atoms in total. The van der Waals surface area contributed by atoms with Crippen LogP contribution in [0.15, 0.2) is 34.8 Å². The van der Waals surface area contributed by atoms with E-state index in [-0.39, 0.29) is 11.9 Å². The molecule has 1 N–H and O–H groups in total. The van der Waals surface area contributed by atoms with E-state index in [0.29, 0.717) is 5.69 Å². The second-order valence-electron chi connectivity index (χ2n) is 6.43. The van der Waals surface area contributed by atoms with Crippen LogP contribution in [0.2, 0.25) is 0 Å². The van der Waals surface area contributed by atoms with Crippen molar-refractivity contribution < 1.29 is 4.79 Å². The van der Waals surface area contributed by atoms with Crippen LogP contribution in [0.5, 0.6) is 0 Å². The molecule has 1 atom stereocenters. The van der Waals surface area contributed by atoms with Crippen molar-refractivity contribution in [3.8, 4) is 0 Å². The van der Waals surface area contributed by atoms with Gasteiger partial charge in [-0.2, -0.15) is 5.10 Å². The van der Waals surface area contributed by atoms with E-state index in [4.69, 9.17) is 0 Å². The Balaban J connectivity index is 1.59. The number of likely N-dealkylation sites (tertiary alicyclic amines) is 1. The maximum atomic E-state index is 12.4. The number of piperidine rings is 1. The number of aromatic nitrogens is 2. The highest BCUT2D eigenvalue weighted by molar-refractivity contribution is 9.10. The van der Waals surface area contributed by atoms with Gasteiger partial charge in [-0.05, 0) is 44.0 Å². The number of nitrogens with one attached hydrogen (secondary N) is 1. The molecule has 0 spiro atoms. The Labute approximate surface area is 151 Å². The molecule has 1 aliphatic heterocycles. The molecule has 0 radical (unpaired) electrons. The van der Waals surface area contributed by atoms with Crippen molar-refractivity contribution in [2.75, 3.05) is 13.1 Å². The average Bonchev–Trinajstić information content (AvgIpc) is 2.90. The largest absolute Gasteiger partial charge is 0.347 e. The van der Waals surface area contributed by atoms with Gasteiger partial charge in [0.25, 0.3) is 5.91 Å². The van der Waals surface area contributed by atoms with Gasteiger partial charge in [-0.15, -0.1) is 0 Å². The fourth-order valence-corrected chi connectivity index (χ4v) is 3.53. The van der Waals surface area contributed by atoms with Crippen molar-refractivity contribution in [1.82, 2.24) is 20.0 Å². The Bertz CT molecular complexity index is 708. The van der Waals surface area contributed by atoms with Gasteiger partial charge < -0.3 is 5.32 Å². The summed E-state index contributed by atoms with van der Waals surface area (Å²) in [5.74, 6) is -0.0774. The summed E-state index contributed by atoms with van der Waals surface area (Å²) in [4.78, 5) is 14.8. The zero-order valence-corrected chi connectivity index (χ0v) is 15.7. The van der Waals surface area contributed by atoms with E-state index >= 15 is 0 Å². The molecule has 6 heteroatoms. The predicted octanol–water partition coefficient (Wildman–Crippen LogP) is 2.89. The van der Waals surface area contributed by atoms with Crippen molar-refractivity contribution in [2.24, 2.45) is 7.05 Å². The Morgan fingerprint density at radius 1 is 1.42 bits per heavy atom. The van der Waals surface area contributed by atoms with E-state index in [1.165, 1.54) is 5.56 Å². The van der Waals surface area contributed by atoms with Crippen molar-refractivity contribution in [1.29, 1.82) is 0 Å². The highest BCUT2D eigenvalue weighted by Crippen LogP contribution is 2.20. The summed E-state index contributed by atoms with van der Waals surface area (Å²) in [6.45, 7) is 4.79. The lowest BCUT2D eigenvalue weighted by Crippen LogP contribution is -2.47. The van der Waals surface area contributed by atoms with Crippen LogP contribution in [-0.4, -0.2) is 39.7 Å². The van der Waals surface area contributed by atoms with Crippen LogP contribution in [-0.2, 0) is 13.6 Å². The zero-order chi connectivity index (χ0) is 17.1. The first kappa shape index (κ1) is 17.2. The van der Waals surface area contributed by atoms with Crippen LogP contribution in [0, 0.1) is 6.92 Å². The molecule has 1 unspecified atom stereocenters. The summed E-state index contributed by atoms with van der Waals surface area (Å²) in [6, 6.07) is 10.3. The third-order valence-electron chi connectivity index (χ3n) is 4.54. The van der Waals surface area contributed by atoms with Gasteiger partial charge in [0.05, 0.1) is 0 Å². The number of halogens is 1. The molecule has 1 aliphatic rings. The van der Waals surface area contributed by atoms with Crippen LogP contribution < -0.4 is 5.32 Å². The second kappa shape index (κ2) is 7.49. The van der Waals surface area contributed by atoms with E-state index in [9.17, 15) is 4.79 Å². The van der Waals surface area contributed by atoms with Crippen molar-refractivity contribution in [2.45, 2.75) is 32.4 Å². The monoisotopic (exact) mass is 390 g/mol. The third-order valence-corrected chi connectivity index (χ3v) is 5.31. The van der Waals surface area contributed by atoms with Gasteiger partial charge in [0, 0.05) is 36.3 Å². The van der Waals surface area contributed by atoms with E-state index in [1.54, 1.807) is 4.68 Å². The second-order valence-corrected chi connectivity index (χ2v) is 7.29. The summed E-state index contributed by atoms with van der Waals surface area (Å²) >= 11 is 3.61. The number of aryl methyl sites for hydroxylation is 2. The molecule has 1 aromatic heterocycles. The number of amides is 1. The first-order valence-electron chi connectivity index (χ1n) is 8.30. The van der Waals surface area contributed by atoms with Gasteiger partial charge in [0.2, 0.25) is 0 Å². The SMILES string of the molecule is Cc1cc(C(=O)NC2CCCN(Cc3ccccc3Br)C2)nn1C. The van der Waals surface area contributed by atoms with Gasteiger partial charge in [0.1, 0.15) is 5.69 Å². The summed E-state index contributed by atoms with van der Waals surface area (Å²) in [6.07, 6.45) is 2.11. The molecule has 1 aromatic carbocycles. The quantitative estimate of drug-likeness (QED) is 0.872. The Hall–Kier alpha value is -1.66. The molecule has 128 valence electrons. The number of rotatable bonds is 4. The van der Waals surface area contributed by atoms with E-state index in [2.05, 4.69) is 49.4 Å². The fourth-order valence-electron chi connectivity index (χ4n) is 3.12. The number of carbonyl (C=O) groups is 1. The van der Waals surface area contributed by atoms with Crippen LogP contribution in [0.3, 0.4) is 0 Å². The molecular formula is C18H23BrN4O. The maximum absolute atomic E-state index is 12.4. The molecule has 2 aromatic rings. The zero-order valence-electron chi connectivity index (χ0n) is 14.1. The topological polar surface area (TPSA) is 50.2 Å². The van der Waals surface area contributed by atoms with Gasteiger partial charge >= 0.3 is 0 Å². The van der Waals surface area contributed by atoms with Crippen molar-refractivity contribution in [3.63, 3.8) is 0 Å². The lowest BCUT2D eigenvalue weighted by molar-refractivity contribution is 0.0895. The minimum absolute atomic E-state index is 0.0774. The minimum Gasteiger partial charge on any atom is -0.347 e. The third kappa shape index (κ3) is 4.05. The molecule has 0 bridgehead atoms.